The van der Waals surface area contributed by atoms with Crippen LogP contribution in [0.4, 0.5) is 5.13 Å². The monoisotopic (exact) mass is 345 g/mol. The van der Waals surface area contributed by atoms with Crippen LogP contribution in [0.1, 0.15) is 39.1 Å². The second-order valence-corrected chi connectivity index (χ2v) is 6.23. The minimum absolute atomic E-state index is 0.147. The van der Waals surface area contributed by atoms with Gasteiger partial charge in [-0.25, -0.2) is 4.98 Å². The number of hydrogen-bond acceptors (Lipinski definition) is 6. The summed E-state index contributed by atoms with van der Waals surface area (Å²) >= 11 is 1.17. The first-order valence-corrected chi connectivity index (χ1v) is 8.22. The van der Waals surface area contributed by atoms with Gasteiger partial charge in [-0.2, -0.15) is 0 Å². The Kier molecular flexibility index (Phi) is 4.57. The van der Waals surface area contributed by atoms with E-state index in [9.17, 15) is 14.4 Å². The van der Waals surface area contributed by atoms with Crippen LogP contribution in [0.15, 0.2) is 24.3 Å². The highest BCUT2D eigenvalue weighted by atomic mass is 32.1. The number of hydrogen-bond donors (Lipinski definition) is 2. The maximum absolute atomic E-state index is 12.3. The molecule has 2 amide bonds. The second kappa shape index (κ2) is 6.79. The number of amides is 2. The van der Waals surface area contributed by atoms with Crippen molar-refractivity contribution in [3.05, 3.63) is 40.4 Å². The minimum Gasteiger partial charge on any atom is -0.427 e. The molecule has 0 saturated carbocycles. The molecule has 8 heteroatoms. The first-order valence-electron chi connectivity index (χ1n) is 7.40. The Labute approximate surface area is 142 Å². The zero-order chi connectivity index (χ0) is 17.1. The van der Waals surface area contributed by atoms with Crippen molar-refractivity contribution in [3.63, 3.8) is 0 Å². The van der Waals surface area contributed by atoms with Crippen LogP contribution in [-0.4, -0.2) is 29.3 Å². The summed E-state index contributed by atoms with van der Waals surface area (Å²) in [7, 11) is 0. The lowest BCUT2D eigenvalue weighted by Gasteiger charge is -2.04. The average molecular weight is 345 g/mol. The lowest BCUT2D eigenvalue weighted by Crippen LogP contribution is -2.21. The zero-order valence-corrected chi connectivity index (χ0v) is 13.7. The summed E-state index contributed by atoms with van der Waals surface area (Å²) in [6.07, 6.45) is 1.53. The molecule has 1 aromatic carbocycles. The average Bonchev–Trinajstić information content (AvgIpc) is 2.86. The van der Waals surface area contributed by atoms with Crippen LogP contribution in [0.5, 0.6) is 5.75 Å². The number of aryl methyl sites for hydroxylation is 1. The molecule has 7 nitrogen and oxygen atoms in total. The van der Waals surface area contributed by atoms with Crippen LogP contribution in [0.2, 0.25) is 0 Å². The Morgan fingerprint density at radius 1 is 1.29 bits per heavy atom. The first-order chi connectivity index (χ1) is 11.5. The van der Waals surface area contributed by atoms with Crippen LogP contribution in [0.3, 0.4) is 0 Å². The van der Waals surface area contributed by atoms with E-state index < -0.39 is 5.97 Å². The molecule has 0 radical (unpaired) electrons. The van der Waals surface area contributed by atoms with Crippen molar-refractivity contribution in [3.8, 4) is 5.75 Å². The van der Waals surface area contributed by atoms with E-state index in [1.54, 1.807) is 24.3 Å². The highest BCUT2D eigenvalue weighted by Gasteiger charge is 2.21. The third kappa shape index (κ3) is 3.60. The summed E-state index contributed by atoms with van der Waals surface area (Å²) in [5.74, 6) is -0.536. The number of nitrogens with zero attached hydrogens (tertiary/aromatic N) is 1. The van der Waals surface area contributed by atoms with Crippen molar-refractivity contribution >= 4 is 34.3 Å². The summed E-state index contributed by atoms with van der Waals surface area (Å²) < 4.78 is 4.92. The van der Waals surface area contributed by atoms with Crippen molar-refractivity contribution < 1.29 is 19.1 Å². The van der Waals surface area contributed by atoms with Crippen molar-refractivity contribution in [2.75, 3.05) is 11.9 Å². The molecule has 1 aliphatic heterocycles. The maximum atomic E-state index is 12.3. The molecule has 1 aliphatic rings. The van der Waals surface area contributed by atoms with E-state index in [4.69, 9.17) is 4.74 Å². The molecule has 1 aromatic heterocycles. The number of aromatic nitrogens is 1. The number of thiazole rings is 1. The van der Waals surface area contributed by atoms with E-state index in [1.807, 2.05) is 0 Å². The molecule has 24 heavy (non-hydrogen) atoms. The molecule has 0 aliphatic carbocycles. The third-order valence-corrected chi connectivity index (χ3v) is 4.39. The van der Waals surface area contributed by atoms with Crippen LogP contribution >= 0.6 is 11.3 Å². The first kappa shape index (κ1) is 16.1. The molecule has 2 N–H and O–H groups in total. The topological polar surface area (TPSA) is 97.4 Å². The number of esters is 1. The smallest absolute Gasteiger partial charge is 0.308 e. The van der Waals surface area contributed by atoms with Gasteiger partial charge in [0.05, 0.1) is 5.69 Å². The van der Waals surface area contributed by atoms with Gasteiger partial charge in [-0.15, -0.1) is 0 Å². The van der Waals surface area contributed by atoms with Gasteiger partial charge in [0.25, 0.3) is 11.8 Å². The number of anilines is 1. The van der Waals surface area contributed by atoms with E-state index in [2.05, 4.69) is 15.6 Å². The molecular weight excluding hydrogens is 330 g/mol. The summed E-state index contributed by atoms with van der Waals surface area (Å²) in [5.41, 5.74) is 1.12. The predicted octanol–water partition coefficient (Wildman–Crippen LogP) is 2.00. The number of carbonyl (C=O) groups is 3. The Bertz CT molecular complexity index is 798. The maximum Gasteiger partial charge on any atom is 0.308 e. The van der Waals surface area contributed by atoms with E-state index in [0.717, 1.165) is 12.1 Å². The van der Waals surface area contributed by atoms with Crippen LogP contribution in [0.25, 0.3) is 0 Å². The second-order valence-electron chi connectivity index (χ2n) is 5.23. The molecule has 0 atom stereocenters. The number of nitrogens with one attached hydrogen (secondary N) is 2. The molecule has 0 bridgehead atoms. The SMILES string of the molecule is CC(=O)Oc1ccc(C(=O)Nc2nc3c(s2)C(=O)NCCC3)cc1. The van der Waals surface area contributed by atoms with Crippen molar-refractivity contribution in [2.45, 2.75) is 19.8 Å². The fourth-order valence-corrected chi connectivity index (χ4v) is 3.22. The largest absolute Gasteiger partial charge is 0.427 e. The van der Waals surface area contributed by atoms with Gasteiger partial charge in [0.15, 0.2) is 5.13 Å². The van der Waals surface area contributed by atoms with Gasteiger partial charge >= 0.3 is 5.97 Å². The fourth-order valence-electron chi connectivity index (χ4n) is 2.30. The predicted molar refractivity (Wildman–Crippen MR) is 88.5 cm³/mol. The Hall–Kier alpha value is -2.74. The number of fused-ring (bicyclic) bond motifs is 1. The molecule has 2 heterocycles. The van der Waals surface area contributed by atoms with Gasteiger partial charge < -0.3 is 10.1 Å². The van der Waals surface area contributed by atoms with Crippen LogP contribution in [-0.2, 0) is 11.2 Å². The van der Waals surface area contributed by atoms with Gasteiger partial charge in [0, 0.05) is 19.0 Å². The molecule has 0 unspecified atom stereocenters. The molecule has 0 spiro atoms. The fraction of sp³-hybridized carbons (Fsp3) is 0.250. The van der Waals surface area contributed by atoms with Crippen molar-refractivity contribution in [1.29, 1.82) is 0 Å². The Morgan fingerprint density at radius 2 is 2.04 bits per heavy atom. The summed E-state index contributed by atoms with van der Waals surface area (Å²) in [6.45, 7) is 1.95. The lowest BCUT2D eigenvalue weighted by molar-refractivity contribution is -0.131. The molecular formula is C16H15N3O4S. The summed E-state index contributed by atoms with van der Waals surface area (Å²) in [4.78, 5) is 39.9. The molecule has 2 aromatic rings. The van der Waals surface area contributed by atoms with Gasteiger partial charge in [-0.1, -0.05) is 11.3 Å². The van der Waals surface area contributed by atoms with Gasteiger partial charge in [0.1, 0.15) is 10.6 Å². The molecule has 3 rings (SSSR count). The van der Waals surface area contributed by atoms with E-state index in [1.165, 1.54) is 18.3 Å². The standard InChI is InChI=1S/C16H15N3O4S/c1-9(20)23-11-6-4-10(5-7-11)14(21)19-16-18-12-3-2-8-17-15(22)13(12)24-16/h4-7H,2-3,8H2,1H3,(H,17,22)(H,18,19,21). The summed E-state index contributed by atoms with van der Waals surface area (Å²) in [6, 6.07) is 6.19. The number of rotatable bonds is 3. The van der Waals surface area contributed by atoms with E-state index in [-0.39, 0.29) is 11.8 Å². The number of ether oxygens (including phenoxy) is 1. The quantitative estimate of drug-likeness (QED) is 0.655. The molecule has 0 fully saturated rings. The van der Waals surface area contributed by atoms with Gasteiger partial charge in [-0.05, 0) is 37.1 Å². The Balaban J connectivity index is 1.72. The number of benzene rings is 1. The van der Waals surface area contributed by atoms with Crippen molar-refractivity contribution in [1.82, 2.24) is 10.3 Å². The Morgan fingerprint density at radius 3 is 2.75 bits per heavy atom. The van der Waals surface area contributed by atoms with Gasteiger partial charge in [-0.3, -0.25) is 19.7 Å². The van der Waals surface area contributed by atoms with Crippen molar-refractivity contribution in [2.24, 2.45) is 0 Å². The van der Waals surface area contributed by atoms with E-state index >= 15 is 0 Å². The number of carbonyl (C=O) groups excluding carboxylic acids is 3. The lowest BCUT2D eigenvalue weighted by atomic mass is 10.2. The third-order valence-electron chi connectivity index (χ3n) is 3.38. The molecule has 0 saturated heterocycles. The normalized spacial score (nSPS) is 13.5. The van der Waals surface area contributed by atoms with Crippen LogP contribution in [0, 0.1) is 0 Å². The van der Waals surface area contributed by atoms with E-state index in [0.29, 0.717) is 34.3 Å². The highest BCUT2D eigenvalue weighted by Crippen LogP contribution is 2.26. The molecule has 124 valence electrons. The van der Waals surface area contributed by atoms with Crippen LogP contribution < -0.4 is 15.4 Å². The minimum atomic E-state index is -0.422. The highest BCUT2D eigenvalue weighted by molar-refractivity contribution is 7.17. The summed E-state index contributed by atoms with van der Waals surface area (Å²) in [5, 5.41) is 5.89. The zero-order valence-electron chi connectivity index (χ0n) is 12.9. The van der Waals surface area contributed by atoms with Gasteiger partial charge in [0.2, 0.25) is 0 Å².